The zero-order valence-electron chi connectivity index (χ0n) is 8.93. The third-order valence-corrected chi connectivity index (χ3v) is 2.73. The summed E-state index contributed by atoms with van der Waals surface area (Å²) in [6.45, 7) is 11.2. The molecule has 0 bridgehead atoms. The van der Waals surface area contributed by atoms with Crippen molar-refractivity contribution in [3.05, 3.63) is 0 Å². The number of aliphatic hydroxyl groups is 1. The van der Waals surface area contributed by atoms with Crippen LogP contribution in [-0.4, -0.2) is 35.2 Å². The molecule has 0 saturated carbocycles. The van der Waals surface area contributed by atoms with Crippen LogP contribution in [0.25, 0.3) is 0 Å². The average molecular weight is 173 g/mol. The Balaban J connectivity index is 3.99. The van der Waals surface area contributed by atoms with Gasteiger partial charge in [-0.3, -0.25) is 0 Å². The van der Waals surface area contributed by atoms with Gasteiger partial charge in [0.2, 0.25) is 0 Å². The smallest absolute Gasteiger partial charge is 0.0768 e. The summed E-state index contributed by atoms with van der Waals surface area (Å²) in [6.07, 6.45) is 1.69. The Kier molecular flexibility index (Phi) is 5.51. The number of nitrogens with zero attached hydrogens (tertiary/aromatic N) is 1. The maximum atomic E-state index is 10.0. The molecule has 0 unspecified atom stereocenters. The normalized spacial score (nSPS) is 12.5. The first-order chi connectivity index (χ1) is 5.61. The molecule has 0 amide bonds. The quantitative estimate of drug-likeness (QED) is 0.663. The van der Waals surface area contributed by atoms with E-state index in [9.17, 15) is 5.11 Å². The molecule has 74 valence electrons. The van der Waals surface area contributed by atoms with Crippen molar-refractivity contribution < 1.29 is 5.11 Å². The summed E-state index contributed by atoms with van der Waals surface area (Å²) in [6, 6.07) is 0. The minimum atomic E-state index is -0.466. The summed E-state index contributed by atoms with van der Waals surface area (Å²) in [5.74, 6) is 0. The molecule has 0 aromatic rings. The van der Waals surface area contributed by atoms with Crippen molar-refractivity contribution in [3.8, 4) is 0 Å². The van der Waals surface area contributed by atoms with Crippen LogP contribution in [0, 0.1) is 0 Å². The second-order valence-corrected chi connectivity index (χ2v) is 3.39. The Bertz CT molecular complexity index is 106. The second-order valence-electron chi connectivity index (χ2n) is 3.39. The molecule has 2 heteroatoms. The van der Waals surface area contributed by atoms with Gasteiger partial charge in [-0.15, -0.1) is 0 Å². The van der Waals surface area contributed by atoms with Crippen LogP contribution in [-0.2, 0) is 0 Å². The third-order valence-electron chi connectivity index (χ3n) is 2.73. The van der Waals surface area contributed by atoms with Crippen LogP contribution in [0.1, 0.15) is 40.5 Å². The van der Waals surface area contributed by atoms with Crippen LogP contribution in [0.5, 0.6) is 0 Å². The van der Waals surface area contributed by atoms with Crippen molar-refractivity contribution in [2.75, 3.05) is 19.6 Å². The highest BCUT2D eigenvalue weighted by atomic mass is 16.3. The molecule has 12 heavy (non-hydrogen) atoms. The summed E-state index contributed by atoms with van der Waals surface area (Å²) in [4.78, 5) is 2.27. The number of hydrogen-bond acceptors (Lipinski definition) is 2. The van der Waals surface area contributed by atoms with Crippen LogP contribution < -0.4 is 0 Å². The van der Waals surface area contributed by atoms with Crippen molar-refractivity contribution in [2.24, 2.45) is 0 Å². The molecule has 0 fully saturated rings. The largest absolute Gasteiger partial charge is 0.389 e. The van der Waals surface area contributed by atoms with Crippen LogP contribution in [0.15, 0.2) is 0 Å². The molecule has 0 aromatic carbocycles. The summed E-state index contributed by atoms with van der Waals surface area (Å²) in [7, 11) is 0. The monoisotopic (exact) mass is 173 g/mol. The summed E-state index contributed by atoms with van der Waals surface area (Å²) in [5, 5.41) is 10.0. The maximum absolute atomic E-state index is 10.0. The lowest BCUT2D eigenvalue weighted by atomic mass is 9.97. The highest BCUT2D eigenvalue weighted by Gasteiger charge is 2.23. The van der Waals surface area contributed by atoms with Crippen LogP contribution in [0.2, 0.25) is 0 Å². The van der Waals surface area contributed by atoms with Gasteiger partial charge < -0.3 is 10.0 Å². The van der Waals surface area contributed by atoms with Gasteiger partial charge in [0.15, 0.2) is 0 Å². The summed E-state index contributed by atoms with van der Waals surface area (Å²) in [5.41, 5.74) is -0.466. The van der Waals surface area contributed by atoms with Gasteiger partial charge in [-0.25, -0.2) is 0 Å². The minimum Gasteiger partial charge on any atom is -0.389 e. The average Bonchev–Trinajstić information content (AvgIpc) is 2.14. The lowest BCUT2D eigenvalue weighted by molar-refractivity contribution is -0.000845. The van der Waals surface area contributed by atoms with E-state index in [-0.39, 0.29) is 0 Å². The standard InChI is InChI=1S/C10H23NO/c1-5-10(12,6-2)9-11(7-3)8-4/h12H,5-9H2,1-4H3. The van der Waals surface area contributed by atoms with Gasteiger partial charge in [0.05, 0.1) is 5.60 Å². The van der Waals surface area contributed by atoms with E-state index in [1.54, 1.807) is 0 Å². The highest BCUT2D eigenvalue weighted by Crippen LogP contribution is 2.15. The highest BCUT2D eigenvalue weighted by molar-refractivity contribution is 4.78. The van der Waals surface area contributed by atoms with E-state index < -0.39 is 5.60 Å². The maximum Gasteiger partial charge on any atom is 0.0768 e. The van der Waals surface area contributed by atoms with Crippen molar-refractivity contribution in [1.82, 2.24) is 4.90 Å². The lowest BCUT2D eigenvalue weighted by Crippen LogP contribution is -2.42. The fraction of sp³-hybridized carbons (Fsp3) is 1.00. The van der Waals surface area contributed by atoms with Crippen LogP contribution >= 0.6 is 0 Å². The van der Waals surface area contributed by atoms with E-state index in [4.69, 9.17) is 0 Å². The van der Waals surface area contributed by atoms with E-state index >= 15 is 0 Å². The van der Waals surface area contributed by atoms with Crippen molar-refractivity contribution in [1.29, 1.82) is 0 Å². The first-order valence-electron chi connectivity index (χ1n) is 5.06. The Labute approximate surface area is 76.6 Å². The number of likely N-dealkylation sites (N-methyl/N-ethyl adjacent to an activating group) is 1. The Morgan fingerprint density at radius 2 is 1.42 bits per heavy atom. The topological polar surface area (TPSA) is 23.5 Å². The van der Waals surface area contributed by atoms with Gasteiger partial charge in [0.25, 0.3) is 0 Å². The van der Waals surface area contributed by atoms with Gasteiger partial charge in [-0.2, -0.15) is 0 Å². The van der Waals surface area contributed by atoms with Crippen molar-refractivity contribution in [2.45, 2.75) is 46.1 Å². The van der Waals surface area contributed by atoms with Gasteiger partial charge in [-0.05, 0) is 25.9 Å². The summed E-state index contributed by atoms with van der Waals surface area (Å²) >= 11 is 0. The molecule has 2 nitrogen and oxygen atoms in total. The van der Waals surface area contributed by atoms with Gasteiger partial charge >= 0.3 is 0 Å². The molecule has 0 aromatic heterocycles. The van der Waals surface area contributed by atoms with Crippen LogP contribution in [0.3, 0.4) is 0 Å². The Morgan fingerprint density at radius 3 is 1.67 bits per heavy atom. The van der Waals surface area contributed by atoms with Crippen LogP contribution in [0.4, 0.5) is 0 Å². The van der Waals surface area contributed by atoms with Gasteiger partial charge in [0.1, 0.15) is 0 Å². The fourth-order valence-electron chi connectivity index (χ4n) is 1.34. The molecular formula is C10H23NO. The molecular weight excluding hydrogens is 150 g/mol. The zero-order chi connectivity index (χ0) is 9.61. The van der Waals surface area contributed by atoms with Gasteiger partial charge in [0, 0.05) is 6.54 Å². The SMILES string of the molecule is CCN(CC)CC(O)(CC)CC. The number of hydrogen-bond donors (Lipinski definition) is 1. The number of rotatable bonds is 6. The van der Waals surface area contributed by atoms with Crippen molar-refractivity contribution in [3.63, 3.8) is 0 Å². The zero-order valence-corrected chi connectivity index (χ0v) is 8.93. The molecule has 0 radical (unpaired) electrons. The molecule has 1 N–H and O–H groups in total. The predicted octanol–water partition coefficient (Wildman–Crippen LogP) is 1.88. The van der Waals surface area contributed by atoms with E-state index in [1.165, 1.54) is 0 Å². The fourth-order valence-corrected chi connectivity index (χ4v) is 1.34. The summed E-state index contributed by atoms with van der Waals surface area (Å²) < 4.78 is 0. The van der Waals surface area contributed by atoms with E-state index in [0.29, 0.717) is 0 Å². The molecule has 0 heterocycles. The molecule has 0 aliphatic carbocycles. The molecule has 0 aliphatic heterocycles. The Hall–Kier alpha value is -0.0800. The van der Waals surface area contributed by atoms with Gasteiger partial charge in [-0.1, -0.05) is 27.7 Å². The Morgan fingerprint density at radius 1 is 1.00 bits per heavy atom. The second kappa shape index (κ2) is 5.55. The van der Waals surface area contributed by atoms with Crippen molar-refractivity contribution >= 4 is 0 Å². The molecule has 0 rings (SSSR count). The molecule has 0 aliphatic rings. The minimum absolute atomic E-state index is 0.466. The first kappa shape index (κ1) is 11.9. The third kappa shape index (κ3) is 3.55. The predicted molar refractivity (Wildman–Crippen MR) is 53.3 cm³/mol. The van der Waals surface area contributed by atoms with E-state index in [0.717, 1.165) is 32.5 Å². The first-order valence-corrected chi connectivity index (χ1v) is 5.06. The molecule has 0 spiro atoms. The van der Waals surface area contributed by atoms with E-state index in [1.807, 2.05) is 13.8 Å². The van der Waals surface area contributed by atoms with E-state index in [2.05, 4.69) is 18.7 Å². The molecule has 0 atom stereocenters. The molecule has 0 saturated heterocycles. The lowest BCUT2D eigenvalue weighted by Gasteiger charge is -2.31.